The maximum atomic E-state index is 12.9. The van der Waals surface area contributed by atoms with Crippen molar-refractivity contribution in [2.75, 3.05) is 38.2 Å². The number of ether oxygens (including phenoxy) is 1. The molecular formula is C26H35N5O3. The number of pyridine rings is 1. The van der Waals surface area contributed by atoms with Crippen molar-refractivity contribution in [2.24, 2.45) is 12.5 Å². The Morgan fingerprint density at radius 1 is 1.15 bits per heavy atom. The van der Waals surface area contributed by atoms with Crippen molar-refractivity contribution < 1.29 is 9.57 Å². The zero-order valence-corrected chi connectivity index (χ0v) is 20.9. The van der Waals surface area contributed by atoms with Crippen LogP contribution in [0.15, 0.2) is 35.1 Å². The number of aryl methyl sites for hydroxylation is 1. The summed E-state index contributed by atoms with van der Waals surface area (Å²) in [5.74, 6) is 1.91. The lowest BCUT2D eigenvalue weighted by atomic mass is 9.95. The molecule has 4 heterocycles. The molecule has 8 heteroatoms. The van der Waals surface area contributed by atoms with Crippen LogP contribution in [0.3, 0.4) is 0 Å². The zero-order chi connectivity index (χ0) is 24.0. The molecular weight excluding hydrogens is 430 g/mol. The molecule has 1 unspecified atom stereocenters. The number of hydrogen-bond acceptors (Lipinski definition) is 6. The zero-order valence-electron chi connectivity index (χ0n) is 20.9. The number of anilines is 1. The van der Waals surface area contributed by atoms with Crippen molar-refractivity contribution in [3.63, 3.8) is 0 Å². The van der Waals surface area contributed by atoms with Crippen molar-refractivity contribution in [3.8, 4) is 11.5 Å². The lowest BCUT2D eigenvalue weighted by Gasteiger charge is -2.32. The van der Waals surface area contributed by atoms with Gasteiger partial charge in [-0.25, -0.2) is 9.78 Å². The van der Waals surface area contributed by atoms with Crippen molar-refractivity contribution in [3.05, 3.63) is 46.5 Å². The van der Waals surface area contributed by atoms with Gasteiger partial charge in [0.15, 0.2) is 11.4 Å². The average molecular weight is 466 g/mol. The van der Waals surface area contributed by atoms with Crippen molar-refractivity contribution >= 4 is 16.9 Å². The number of benzene rings is 1. The molecule has 0 saturated carbocycles. The largest absolute Gasteiger partial charge is 0.489 e. The molecule has 2 aliphatic rings. The molecule has 1 saturated heterocycles. The van der Waals surface area contributed by atoms with Gasteiger partial charge in [-0.2, -0.15) is 0 Å². The minimum absolute atomic E-state index is 0.00906. The van der Waals surface area contributed by atoms with Crippen molar-refractivity contribution in [2.45, 2.75) is 46.1 Å². The van der Waals surface area contributed by atoms with Crippen LogP contribution in [-0.2, 0) is 13.6 Å². The highest BCUT2D eigenvalue weighted by atomic mass is 16.7. The number of hydrogen-bond donors (Lipinski definition) is 0. The van der Waals surface area contributed by atoms with Crippen LogP contribution in [0, 0.1) is 5.41 Å². The molecule has 5 rings (SSSR count). The monoisotopic (exact) mass is 465 g/mol. The molecule has 0 radical (unpaired) electrons. The van der Waals surface area contributed by atoms with Gasteiger partial charge in [0.2, 0.25) is 0 Å². The van der Waals surface area contributed by atoms with E-state index in [-0.39, 0.29) is 17.0 Å². The van der Waals surface area contributed by atoms with E-state index in [2.05, 4.69) is 50.9 Å². The summed E-state index contributed by atoms with van der Waals surface area (Å²) in [5.41, 5.74) is 3.75. The van der Waals surface area contributed by atoms with Crippen LogP contribution < -0.4 is 20.2 Å². The SMILES string of the molecule is CN1CCOc2cc(ON3CCCC(c4ccc5c(n4)n(C)c(=O)n5CC(C)(C)C)C3)ccc21. The van der Waals surface area contributed by atoms with Crippen LogP contribution in [0.25, 0.3) is 11.2 Å². The van der Waals surface area contributed by atoms with E-state index in [0.29, 0.717) is 13.2 Å². The number of likely N-dealkylation sites (N-methyl/N-ethyl adjacent to an activating group) is 1. The van der Waals surface area contributed by atoms with E-state index < -0.39 is 0 Å². The minimum atomic E-state index is -0.0107. The van der Waals surface area contributed by atoms with Crippen LogP contribution in [0.1, 0.15) is 45.2 Å². The summed E-state index contributed by atoms with van der Waals surface area (Å²) in [4.78, 5) is 26.3. The summed E-state index contributed by atoms with van der Waals surface area (Å²) in [7, 11) is 3.89. The second-order valence-electron chi connectivity index (χ2n) is 10.8. The highest BCUT2D eigenvalue weighted by Crippen LogP contribution is 2.35. The molecule has 1 aromatic carbocycles. The third kappa shape index (κ3) is 4.39. The molecule has 0 amide bonds. The Morgan fingerprint density at radius 2 is 1.97 bits per heavy atom. The number of rotatable bonds is 4. The fourth-order valence-corrected chi connectivity index (χ4v) is 4.95. The summed E-state index contributed by atoms with van der Waals surface area (Å²) in [6.07, 6.45) is 2.08. The summed E-state index contributed by atoms with van der Waals surface area (Å²) >= 11 is 0. The number of aromatic nitrogens is 3. The molecule has 182 valence electrons. The van der Waals surface area contributed by atoms with Gasteiger partial charge in [-0.1, -0.05) is 20.8 Å². The minimum Gasteiger partial charge on any atom is -0.489 e. The Kier molecular flexibility index (Phi) is 5.80. The molecule has 0 aliphatic carbocycles. The van der Waals surface area contributed by atoms with Gasteiger partial charge in [-0.3, -0.25) is 9.13 Å². The van der Waals surface area contributed by atoms with Crippen LogP contribution in [-0.4, -0.2) is 52.5 Å². The van der Waals surface area contributed by atoms with E-state index in [1.54, 1.807) is 4.57 Å². The van der Waals surface area contributed by atoms with Gasteiger partial charge in [0, 0.05) is 51.4 Å². The molecule has 34 heavy (non-hydrogen) atoms. The number of piperidine rings is 1. The fourth-order valence-electron chi connectivity index (χ4n) is 4.95. The van der Waals surface area contributed by atoms with Gasteiger partial charge in [-0.15, -0.1) is 5.06 Å². The second kappa shape index (κ2) is 8.65. The van der Waals surface area contributed by atoms with Gasteiger partial charge in [0.25, 0.3) is 0 Å². The first-order valence-electron chi connectivity index (χ1n) is 12.2. The van der Waals surface area contributed by atoms with E-state index in [9.17, 15) is 4.79 Å². The summed E-state index contributed by atoms with van der Waals surface area (Å²) < 4.78 is 9.35. The maximum absolute atomic E-state index is 12.9. The second-order valence-corrected chi connectivity index (χ2v) is 10.8. The molecule has 0 N–H and O–H groups in total. The molecule has 2 aliphatic heterocycles. The molecule has 1 atom stereocenters. The smallest absolute Gasteiger partial charge is 0.330 e. The highest BCUT2D eigenvalue weighted by Gasteiger charge is 2.26. The first kappa shape index (κ1) is 22.8. The van der Waals surface area contributed by atoms with Crippen LogP contribution in [0.4, 0.5) is 5.69 Å². The Balaban J connectivity index is 1.35. The molecule has 2 aromatic heterocycles. The quantitative estimate of drug-likeness (QED) is 0.584. The standard InChI is InChI=1S/C26H35N5O3/c1-26(2,3)17-31-22-11-9-20(27-24(22)29(5)25(31)32)18-7-6-12-30(16-18)34-19-8-10-21-23(15-19)33-14-13-28(21)4/h8-11,15,18H,6-7,12-14,16-17H2,1-5H3. The third-order valence-electron chi connectivity index (χ3n) is 6.70. The van der Waals surface area contributed by atoms with Gasteiger partial charge >= 0.3 is 5.69 Å². The maximum Gasteiger partial charge on any atom is 0.330 e. The number of nitrogens with zero attached hydrogens (tertiary/aromatic N) is 5. The Bertz CT molecular complexity index is 1260. The Morgan fingerprint density at radius 3 is 2.76 bits per heavy atom. The predicted octanol–water partition coefficient (Wildman–Crippen LogP) is 3.78. The lowest BCUT2D eigenvalue weighted by Crippen LogP contribution is -2.37. The normalized spacial score (nSPS) is 19.2. The molecule has 0 bridgehead atoms. The summed E-state index contributed by atoms with van der Waals surface area (Å²) in [5, 5.41) is 2.03. The van der Waals surface area contributed by atoms with Gasteiger partial charge in [0.1, 0.15) is 12.4 Å². The van der Waals surface area contributed by atoms with E-state index in [1.807, 2.05) is 28.8 Å². The first-order chi connectivity index (χ1) is 16.2. The summed E-state index contributed by atoms with van der Waals surface area (Å²) in [6.45, 7) is 10.3. The van der Waals surface area contributed by atoms with Crippen molar-refractivity contribution in [1.29, 1.82) is 0 Å². The number of hydroxylamine groups is 2. The Hall–Kier alpha value is -3.00. The highest BCUT2D eigenvalue weighted by molar-refractivity contribution is 5.72. The van der Waals surface area contributed by atoms with Gasteiger partial charge in [-0.05, 0) is 42.5 Å². The average Bonchev–Trinajstić information content (AvgIpc) is 3.02. The van der Waals surface area contributed by atoms with Gasteiger partial charge < -0.3 is 14.5 Å². The molecule has 1 fully saturated rings. The van der Waals surface area contributed by atoms with Crippen LogP contribution in [0.5, 0.6) is 11.5 Å². The van der Waals surface area contributed by atoms with Crippen molar-refractivity contribution in [1.82, 2.24) is 19.2 Å². The van der Waals surface area contributed by atoms with E-state index in [0.717, 1.165) is 66.5 Å². The van der Waals surface area contributed by atoms with Crippen LogP contribution >= 0.6 is 0 Å². The topological polar surface area (TPSA) is 64.8 Å². The first-order valence-corrected chi connectivity index (χ1v) is 12.2. The van der Waals surface area contributed by atoms with E-state index in [1.165, 1.54) is 0 Å². The van der Waals surface area contributed by atoms with Gasteiger partial charge in [0.05, 0.1) is 17.7 Å². The Labute approximate surface area is 200 Å². The van der Waals surface area contributed by atoms with Crippen LogP contribution in [0.2, 0.25) is 0 Å². The molecule has 3 aromatic rings. The predicted molar refractivity (Wildman–Crippen MR) is 134 cm³/mol. The number of fused-ring (bicyclic) bond motifs is 2. The molecule has 8 nitrogen and oxygen atoms in total. The van der Waals surface area contributed by atoms with E-state index in [4.69, 9.17) is 14.6 Å². The summed E-state index contributed by atoms with van der Waals surface area (Å²) in [6, 6.07) is 10.2. The van der Waals surface area contributed by atoms with E-state index >= 15 is 0 Å². The number of imidazole rings is 1. The fraction of sp³-hybridized carbons (Fsp3) is 0.538. The molecule has 0 spiro atoms. The third-order valence-corrected chi connectivity index (χ3v) is 6.70. The lowest BCUT2D eigenvalue weighted by molar-refractivity contribution is -0.0783.